The molecule has 0 aliphatic heterocycles. The van der Waals surface area contributed by atoms with Crippen LogP contribution in [0.15, 0.2) is 30.9 Å². The number of halogens is 2. The number of unbranched alkanes of at least 4 members (excludes halogenated alkanes) is 1. The second kappa shape index (κ2) is 6.22. The van der Waals surface area contributed by atoms with E-state index < -0.39 is 0 Å². The van der Waals surface area contributed by atoms with Crippen LogP contribution in [0.2, 0.25) is 10.0 Å². The fourth-order valence-electron chi connectivity index (χ4n) is 1.89. The van der Waals surface area contributed by atoms with E-state index in [1.54, 1.807) is 12.1 Å². The van der Waals surface area contributed by atoms with Gasteiger partial charge in [-0.25, -0.2) is 0 Å². The van der Waals surface area contributed by atoms with Gasteiger partial charge in [-0.3, -0.25) is 0 Å². The Bertz CT molecular complexity index is 590. The highest BCUT2D eigenvalue weighted by Crippen LogP contribution is 2.29. The molecular formula is C14H15Cl2N3. The number of aromatic nitrogens is 3. The van der Waals surface area contributed by atoms with Gasteiger partial charge in [0.2, 0.25) is 0 Å². The molecule has 19 heavy (non-hydrogen) atoms. The summed E-state index contributed by atoms with van der Waals surface area (Å²) < 4.78 is 1.97. The average molecular weight is 296 g/mol. The monoisotopic (exact) mass is 295 g/mol. The van der Waals surface area contributed by atoms with E-state index in [-0.39, 0.29) is 0 Å². The normalized spacial score (nSPS) is 10.7. The van der Waals surface area contributed by atoms with Crippen molar-refractivity contribution in [3.63, 3.8) is 0 Å². The molecule has 0 amide bonds. The number of benzene rings is 1. The number of allylic oxidation sites excluding steroid dienone is 1. The number of rotatable bonds is 5. The van der Waals surface area contributed by atoms with Gasteiger partial charge in [0.25, 0.3) is 0 Å². The molecule has 100 valence electrons. The van der Waals surface area contributed by atoms with Crippen LogP contribution in [0.5, 0.6) is 0 Å². The number of nitrogens with zero attached hydrogens (tertiary/aromatic N) is 3. The Morgan fingerprint density at radius 3 is 2.79 bits per heavy atom. The van der Waals surface area contributed by atoms with E-state index in [9.17, 15) is 0 Å². The van der Waals surface area contributed by atoms with Gasteiger partial charge < -0.3 is 4.57 Å². The van der Waals surface area contributed by atoms with Crippen molar-refractivity contribution in [1.82, 2.24) is 14.8 Å². The zero-order valence-corrected chi connectivity index (χ0v) is 12.2. The zero-order valence-electron chi connectivity index (χ0n) is 10.7. The molecule has 2 aromatic rings. The molecule has 0 saturated carbocycles. The molecule has 1 aromatic heterocycles. The van der Waals surface area contributed by atoms with Crippen LogP contribution in [0.1, 0.15) is 18.7 Å². The molecule has 0 spiro atoms. The van der Waals surface area contributed by atoms with Gasteiger partial charge in [-0.05, 0) is 31.0 Å². The summed E-state index contributed by atoms with van der Waals surface area (Å²) in [5.74, 6) is 1.71. The van der Waals surface area contributed by atoms with Crippen molar-refractivity contribution in [3.8, 4) is 11.4 Å². The third-order valence-corrected chi connectivity index (χ3v) is 3.49. The Balaban J connectivity index is 2.28. The number of hydrogen-bond acceptors (Lipinski definition) is 2. The van der Waals surface area contributed by atoms with Gasteiger partial charge in [-0.15, -0.1) is 16.8 Å². The summed E-state index contributed by atoms with van der Waals surface area (Å²) in [7, 11) is 1.95. The summed E-state index contributed by atoms with van der Waals surface area (Å²) in [6, 6.07) is 5.38. The van der Waals surface area contributed by atoms with Crippen molar-refractivity contribution in [2.24, 2.45) is 7.05 Å². The SMILES string of the molecule is C=CCCCc1nnc(-c2ccc(Cl)cc2Cl)n1C. The molecule has 2 rings (SSSR count). The maximum Gasteiger partial charge on any atom is 0.165 e. The van der Waals surface area contributed by atoms with E-state index in [2.05, 4.69) is 16.8 Å². The van der Waals surface area contributed by atoms with E-state index >= 15 is 0 Å². The predicted molar refractivity (Wildman–Crippen MR) is 79.6 cm³/mol. The Kier molecular flexibility index (Phi) is 4.61. The molecule has 5 heteroatoms. The van der Waals surface area contributed by atoms with E-state index in [1.807, 2.05) is 23.8 Å². The summed E-state index contributed by atoms with van der Waals surface area (Å²) >= 11 is 12.1. The van der Waals surface area contributed by atoms with Crippen molar-refractivity contribution < 1.29 is 0 Å². The highest BCUT2D eigenvalue weighted by atomic mass is 35.5. The minimum atomic E-state index is 0.584. The van der Waals surface area contributed by atoms with Crippen molar-refractivity contribution >= 4 is 23.2 Å². The zero-order chi connectivity index (χ0) is 13.8. The van der Waals surface area contributed by atoms with Crippen LogP contribution < -0.4 is 0 Å². The van der Waals surface area contributed by atoms with Gasteiger partial charge in [-0.1, -0.05) is 29.3 Å². The van der Waals surface area contributed by atoms with E-state index in [1.165, 1.54) is 0 Å². The molecule has 0 N–H and O–H groups in total. The minimum Gasteiger partial charge on any atom is -0.314 e. The van der Waals surface area contributed by atoms with E-state index in [4.69, 9.17) is 23.2 Å². The minimum absolute atomic E-state index is 0.584. The van der Waals surface area contributed by atoms with Crippen LogP contribution in [0.4, 0.5) is 0 Å². The van der Waals surface area contributed by atoms with E-state index in [0.29, 0.717) is 10.0 Å². The quantitative estimate of drug-likeness (QED) is 0.608. The van der Waals surface area contributed by atoms with Crippen LogP contribution in [-0.4, -0.2) is 14.8 Å². The van der Waals surface area contributed by atoms with Crippen molar-refractivity contribution in [2.45, 2.75) is 19.3 Å². The molecule has 1 heterocycles. The van der Waals surface area contributed by atoms with Gasteiger partial charge in [0.1, 0.15) is 5.82 Å². The van der Waals surface area contributed by atoms with Crippen molar-refractivity contribution in [1.29, 1.82) is 0 Å². The average Bonchev–Trinajstić information content (AvgIpc) is 2.72. The Morgan fingerprint density at radius 1 is 1.32 bits per heavy atom. The molecule has 0 aliphatic carbocycles. The second-order valence-electron chi connectivity index (χ2n) is 4.30. The molecule has 0 radical (unpaired) electrons. The highest BCUT2D eigenvalue weighted by molar-refractivity contribution is 6.36. The molecule has 0 unspecified atom stereocenters. The van der Waals surface area contributed by atoms with Gasteiger partial charge in [0.15, 0.2) is 5.82 Å². The van der Waals surface area contributed by atoms with Gasteiger partial charge in [-0.2, -0.15) is 0 Å². The number of aryl methyl sites for hydroxylation is 1. The smallest absolute Gasteiger partial charge is 0.165 e. The summed E-state index contributed by atoms with van der Waals surface area (Å²) in [6.45, 7) is 3.71. The van der Waals surface area contributed by atoms with Crippen LogP contribution in [0.3, 0.4) is 0 Å². The van der Waals surface area contributed by atoms with Crippen LogP contribution in [0.25, 0.3) is 11.4 Å². The van der Waals surface area contributed by atoms with Crippen molar-refractivity contribution in [2.75, 3.05) is 0 Å². The molecule has 0 aliphatic rings. The molecule has 0 saturated heterocycles. The third-order valence-electron chi connectivity index (χ3n) is 2.95. The highest BCUT2D eigenvalue weighted by Gasteiger charge is 2.13. The maximum absolute atomic E-state index is 6.19. The number of hydrogen-bond donors (Lipinski definition) is 0. The van der Waals surface area contributed by atoms with Crippen LogP contribution in [0, 0.1) is 0 Å². The lowest BCUT2D eigenvalue weighted by molar-refractivity contribution is 0.733. The first kappa shape index (κ1) is 14.1. The first-order chi connectivity index (χ1) is 9.13. The fraction of sp³-hybridized carbons (Fsp3) is 0.286. The molecular weight excluding hydrogens is 281 g/mol. The van der Waals surface area contributed by atoms with Gasteiger partial charge >= 0.3 is 0 Å². The predicted octanol–water partition coefficient (Wildman–Crippen LogP) is 4.30. The third kappa shape index (κ3) is 3.17. The molecule has 0 bridgehead atoms. The lowest BCUT2D eigenvalue weighted by Gasteiger charge is -2.05. The molecule has 1 aromatic carbocycles. The standard InChI is InChI=1S/C14H15Cl2N3/c1-3-4-5-6-13-17-18-14(19(13)2)11-8-7-10(15)9-12(11)16/h3,7-9H,1,4-6H2,2H3. The topological polar surface area (TPSA) is 30.7 Å². The van der Waals surface area contributed by atoms with E-state index in [0.717, 1.165) is 36.5 Å². The van der Waals surface area contributed by atoms with Crippen LogP contribution in [-0.2, 0) is 13.5 Å². The summed E-state index contributed by atoms with van der Waals surface area (Å²) in [6.07, 6.45) is 4.78. The molecule has 0 atom stereocenters. The maximum atomic E-state index is 6.19. The Hall–Kier alpha value is -1.32. The van der Waals surface area contributed by atoms with Gasteiger partial charge in [0, 0.05) is 24.1 Å². The van der Waals surface area contributed by atoms with Crippen LogP contribution >= 0.6 is 23.2 Å². The first-order valence-corrected chi connectivity index (χ1v) is 6.83. The summed E-state index contributed by atoms with van der Waals surface area (Å²) in [5, 5.41) is 9.63. The van der Waals surface area contributed by atoms with Crippen molar-refractivity contribution in [3.05, 3.63) is 46.7 Å². The summed E-state index contributed by atoms with van der Waals surface area (Å²) in [4.78, 5) is 0. The summed E-state index contributed by atoms with van der Waals surface area (Å²) in [5.41, 5.74) is 0.844. The Morgan fingerprint density at radius 2 is 2.11 bits per heavy atom. The molecule has 3 nitrogen and oxygen atoms in total. The van der Waals surface area contributed by atoms with Gasteiger partial charge in [0.05, 0.1) is 5.02 Å². The lowest BCUT2D eigenvalue weighted by Crippen LogP contribution is -2.00. The largest absolute Gasteiger partial charge is 0.314 e. The Labute approximate surface area is 122 Å². The second-order valence-corrected chi connectivity index (χ2v) is 5.15. The molecule has 0 fully saturated rings. The fourth-order valence-corrected chi connectivity index (χ4v) is 2.38. The lowest BCUT2D eigenvalue weighted by atomic mass is 10.2. The first-order valence-electron chi connectivity index (χ1n) is 6.08.